The second-order valence-electron chi connectivity index (χ2n) is 9.03. The van der Waals surface area contributed by atoms with Gasteiger partial charge in [0.05, 0.1) is 20.3 Å². The molecule has 1 fully saturated rings. The first-order chi connectivity index (χ1) is 20.7. The zero-order valence-electron chi connectivity index (χ0n) is 25.2. The molecule has 2 aliphatic heterocycles. The van der Waals surface area contributed by atoms with Gasteiger partial charge >= 0.3 is 42.0 Å². The van der Waals surface area contributed by atoms with E-state index in [9.17, 15) is 33.6 Å². The maximum absolute atomic E-state index is 13.2. The molecule has 0 saturated carbocycles. The van der Waals surface area contributed by atoms with Gasteiger partial charge in [0.2, 0.25) is 6.29 Å². The van der Waals surface area contributed by atoms with Crippen LogP contribution in [0.2, 0.25) is 0 Å². The molecule has 0 aromatic heterocycles. The molecule has 18 heteroatoms. The largest absolute Gasteiger partial charge is 0.467 e. The maximum atomic E-state index is 13.2. The van der Waals surface area contributed by atoms with Crippen molar-refractivity contribution in [1.29, 1.82) is 0 Å². The Kier molecular flexibility index (Phi) is 13.3. The van der Waals surface area contributed by atoms with Crippen molar-refractivity contribution in [3.63, 3.8) is 0 Å². The van der Waals surface area contributed by atoms with Gasteiger partial charge in [-0.2, -0.15) is 10.0 Å². The van der Waals surface area contributed by atoms with Gasteiger partial charge in [0.25, 0.3) is 0 Å². The number of ether oxygens (including phenoxy) is 9. The average molecular weight is 633 g/mol. The van der Waals surface area contributed by atoms with E-state index >= 15 is 0 Å². The Balaban J connectivity index is 2.66. The van der Waals surface area contributed by atoms with Gasteiger partial charge in [-0.25, -0.2) is 14.4 Å². The summed E-state index contributed by atoms with van der Waals surface area (Å²) < 4.78 is 48.0. The number of amides is 2. The number of hydrogen-bond donors (Lipinski definition) is 0. The number of methoxy groups -OCH3 is 1. The highest BCUT2D eigenvalue weighted by Gasteiger charge is 2.55. The average Bonchev–Trinajstić information content (AvgIpc) is 2.93. The number of nitrogens with zero attached hydrogens (tertiary/aromatic N) is 2. The lowest BCUT2D eigenvalue weighted by Crippen LogP contribution is -2.66. The SMILES string of the molecule is CCOC(=O)N1[C@@H](O[C@@H]2O[C@H](COC(C)=O)[C@@H](OC(C)=O)[C@H](OC(C)=O)[C@H]2OC(C)=O)C=C[C@@H](C(=O)OC)N1C(=O)OCC. The molecule has 0 unspecified atom stereocenters. The summed E-state index contributed by atoms with van der Waals surface area (Å²) in [6.07, 6.45) is -9.41. The normalized spacial score (nSPS) is 26.1. The van der Waals surface area contributed by atoms with Crippen molar-refractivity contribution >= 4 is 42.0 Å². The monoisotopic (exact) mass is 632 g/mol. The van der Waals surface area contributed by atoms with Crippen molar-refractivity contribution in [2.24, 2.45) is 0 Å². The summed E-state index contributed by atoms with van der Waals surface area (Å²) in [5.41, 5.74) is 0. The van der Waals surface area contributed by atoms with E-state index in [2.05, 4.69) is 0 Å². The fourth-order valence-electron chi connectivity index (χ4n) is 4.23. The summed E-state index contributed by atoms with van der Waals surface area (Å²) in [6.45, 7) is 6.36. The summed E-state index contributed by atoms with van der Waals surface area (Å²) in [5, 5.41) is 1.21. The summed E-state index contributed by atoms with van der Waals surface area (Å²) in [6, 6.07) is -1.50. The molecule has 2 heterocycles. The van der Waals surface area contributed by atoms with Gasteiger partial charge < -0.3 is 42.6 Å². The van der Waals surface area contributed by atoms with Gasteiger partial charge in [0, 0.05) is 27.7 Å². The molecule has 2 amide bonds. The van der Waals surface area contributed by atoms with Gasteiger partial charge in [0.1, 0.15) is 12.7 Å². The minimum atomic E-state index is -1.75. The van der Waals surface area contributed by atoms with E-state index in [1.54, 1.807) is 0 Å². The molecule has 44 heavy (non-hydrogen) atoms. The topological polar surface area (TPSA) is 209 Å². The molecule has 0 bridgehead atoms. The first-order valence-corrected chi connectivity index (χ1v) is 13.4. The van der Waals surface area contributed by atoms with Crippen LogP contribution in [0.15, 0.2) is 12.2 Å². The maximum Gasteiger partial charge on any atom is 0.431 e. The third kappa shape index (κ3) is 9.27. The smallest absolute Gasteiger partial charge is 0.431 e. The molecule has 0 spiro atoms. The highest BCUT2D eigenvalue weighted by molar-refractivity contribution is 5.85. The van der Waals surface area contributed by atoms with Gasteiger partial charge in [-0.3, -0.25) is 19.2 Å². The van der Waals surface area contributed by atoms with E-state index in [0.29, 0.717) is 10.0 Å². The Hall–Kier alpha value is -4.45. The van der Waals surface area contributed by atoms with Crippen molar-refractivity contribution in [2.45, 2.75) is 84.5 Å². The third-order valence-electron chi connectivity index (χ3n) is 5.77. The lowest BCUT2D eigenvalue weighted by atomic mass is 9.98. The Morgan fingerprint density at radius 3 is 1.70 bits per heavy atom. The molecule has 0 aromatic rings. The van der Waals surface area contributed by atoms with E-state index in [0.717, 1.165) is 34.8 Å². The van der Waals surface area contributed by atoms with Crippen LogP contribution in [0.1, 0.15) is 41.5 Å². The minimum Gasteiger partial charge on any atom is -0.467 e. The Morgan fingerprint density at radius 1 is 0.682 bits per heavy atom. The predicted octanol–water partition coefficient (Wildman–Crippen LogP) is 0.356. The van der Waals surface area contributed by atoms with E-state index in [4.69, 9.17) is 42.6 Å². The minimum absolute atomic E-state index is 0.144. The summed E-state index contributed by atoms with van der Waals surface area (Å²) in [5.74, 6) is -4.30. The van der Waals surface area contributed by atoms with E-state index in [-0.39, 0.29) is 13.2 Å². The molecule has 0 aromatic carbocycles. The number of esters is 5. The second-order valence-corrected chi connectivity index (χ2v) is 9.03. The molecule has 18 nitrogen and oxygen atoms in total. The molecule has 0 radical (unpaired) electrons. The van der Waals surface area contributed by atoms with Crippen LogP contribution >= 0.6 is 0 Å². The van der Waals surface area contributed by atoms with Gasteiger partial charge in [-0.05, 0) is 26.0 Å². The Morgan fingerprint density at radius 2 is 1.20 bits per heavy atom. The predicted molar refractivity (Wildman–Crippen MR) is 139 cm³/mol. The number of hydrogen-bond acceptors (Lipinski definition) is 16. The van der Waals surface area contributed by atoms with Crippen LogP contribution < -0.4 is 0 Å². The van der Waals surface area contributed by atoms with E-state index in [1.165, 1.54) is 26.0 Å². The fraction of sp³-hybridized carbons (Fsp3) is 0.654. The van der Waals surface area contributed by atoms with Crippen LogP contribution in [0.4, 0.5) is 9.59 Å². The van der Waals surface area contributed by atoms with Gasteiger partial charge in [-0.1, -0.05) is 0 Å². The van der Waals surface area contributed by atoms with Gasteiger partial charge in [0.15, 0.2) is 30.6 Å². The van der Waals surface area contributed by atoms with Crippen molar-refractivity contribution in [2.75, 3.05) is 26.9 Å². The summed E-state index contributed by atoms with van der Waals surface area (Å²) in [4.78, 5) is 86.6. The quantitative estimate of drug-likeness (QED) is 0.181. The van der Waals surface area contributed by atoms with Crippen LogP contribution in [-0.4, -0.2) is 122 Å². The number of carbonyl (C=O) groups is 7. The Labute approximate surface area is 252 Å². The molecule has 0 aliphatic carbocycles. The second kappa shape index (κ2) is 16.4. The van der Waals surface area contributed by atoms with Crippen LogP contribution in [0.3, 0.4) is 0 Å². The summed E-state index contributed by atoms with van der Waals surface area (Å²) in [7, 11) is 1.06. The van der Waals surface area contributed by atoms with Crippen LogP contribution in [-0.2, 0) is 66.6 Å². The van der Waals surface area contributed by atoms with Crippen LogP contribution in [0.25, 0.3) is 0 Å². The van der Waals surface area contributed by atoms with Crippen LogP contribution in [0.5, 0.6) is 0 Å². The molecule has 1 saturated heterocycles. The van der Waals surface area contributed by atoms with Crippen molar-refractivity contribution in [1.82, 2.24) is 10.0 Å². The first kappa shape index (κ1) is 35.7. The Bertz CT molecular complexity index is 1130. The number of rotatable bonds is 10. The number of carbonyl (C=O) groups excluding carboxylic acids is 7. The molecule has 2 rings (SSSR count). The van der Waals surface area contributed by atoms with Crippen molar-refractivity contribution in [3.8, 4) is 0 Å². The first-order valence-electron chi connectivity index (χ1n) is 13.4. The van der Waals surface area contributed by atoms with Crippen molar-refractivity contribution in [3.05, 3.63) is 12.2 Å². The molecule has 2 aliphatic rings. The highest BCUT2D eigenvalue weighted by atomic mass is 16.7. The number of hydrazine groups is 1. The molecule has 246 valence electrons. The summed E-state index contributed by atoms with van der Waals surface area (Å²) >= 11 is 0. The fourth-order valence-corrected chi connectivity index (χ4v) is 4.23. The lowest BCUT2D eigenvalue weighted by molar-refractivity contribution is -0.327. The van der Waals surface area contributed by atoms with Crippen molar-refractivity contribution < 1.29 is 76.2 Å². The zero-order valence-corrected chi connectivity index (χ0v) is 25.2. The molecular formula is C26H36N2O16. The molecule has 7 atom stereocenters. The third-order valence-corrected chi connectivity index (χ3v) is 5.77. The lowest BCUT2D eigenvalue weighted by Gasteiger charge is -2.47. The highest BCUT2D eigenvalue weighted by Crippen LogP contribution is 2.32. The van der Waals surface area contributed by atoms with E-state index < -0.39 is 91.6 Å². The zero-order chi connectivity index (χ0) is 33.1. The standard InChI is InChI=1S/C26H36N2O16/c1-8-37-25(34)27-17(23(33)36-7)10-11-19(28(27)26(35)38-9-2)44-24-22(42-16(6)32)21(41-15(5)31)20(40-14(4)30)18(43-24)12-39-13(3)29/h10-11,17-22,24H,8-9,12H2,1-7H3/t17-,18+,19-,20+,21-,22+,24-/m0/s1. The van der Waals surface area contributed by atoms with Crippen LogP contribution in [0, 0.1) is 0 Å². The molecule has 0 N–H and O–H groups in total. The molecular weight excluding hydrogens is 596 g/mol. The van der Waals surface area contributed by atoms with Gasteiger partial charge in [-0.15, -0.1) is 0 Å². The van der Waals surface area contributed by atoms with E-state index in [1.807, 2.05) is 0 Å².